The van der Waals surface area contributed by atoms with Crippen LogP contribution in [0.15, 0.2) is 13.6 Å². The van der Waals surface area contributed by atoms with Crippen molar-refractivity contribution in [1.82, 2.24) is 4.90 Å². The number of hydrogen-bond acceptors (Lipinski definition) is 5. The summed E-state index contributed by atoms with van der Waals surface area (Å²) in [7, 11) is 1.61. The maximum atomic E-state index is 11.2. The Labute approximate surface area is 86.4 Å². The highest BCUT2D eigenvalue weighted by Gasteiger charge is 2.13. The molecule has 0 radical (unpaired) electrons. The summed E-state index contributed by atoms with van der Waals surface area (Å²) in [6.45, 7) is 3.84. The van der Waals surface area contributed by atoms with Gasteiger partial charge >= 0.3 is 11.9 Å². The van der Waals surface area contributed by atoms with E-state index < -0.39 is 11.9 Å². The predicted molar refractivity (Wildman–Crippen MR) is 50.5 cm³/mol. The van der Waals surface area contributed by atoms with E-state index in [1.54, 1.807) is 14.0 Å². The van der Waals surface area contributed by atoms with Crippen LogP contribution >= 0.6 is 0 Å². The number of ether oxygens (including phenoxy) is 1. The van der Waals surface area contributed by atoms with Gasteiger partial charge in [0, 0.05) is 13.6 Å². The van der Waals surface area contributed by atoms with Crippen molar-refractivity contribution < 1.29 is 18.4 Å². The number of aryl methyl sites for hydroxylation is 1. The second-order valence-corrected chi connectivity index (χ2v) is 3.00. The van der Waals surface area contributed by atoms with E-state index in [4.69, 9.17) is 4.74 Å². The lowest BCUT2D eigenvalue weighted by Gasteiger charge is -2.13. The number of carbonyl (C=O) groups is 1. The smallest absolute Gasteiger partial charge is 0.441 e. The number of nitrogens with zero attached hydrogens (tertiary/aromatic N) is 1. The molecule has 0 fully saturated rings. The molecule has 0 spiro atoms. The van der Waals surface area contributed by atoms with Gasteiger partial charge in [0.25, 0.3) is 0 Å². The SMILES string of the molecule is CCN(C)C(=O)OCc1oc(=O)oc1C. The molecule has 0 saturated heterocycles. The Bertz CT molecular complexity index is 391. The molecule has 0 saturated carbocycles. The molecule has 0 atom stereocenters. The maximum Gasteiger partial charge on any atom is 0.519 e. The van der Waals surface area contributed by atoms with Gasteiger partial charge < -0.3 is 18.5 Å². The molecule has 6 nitrogen and oxygen atoms in total. The monoisotopic (exact) mass is 215 g/mol. The number of hydrogen-bond donors (Lipinski definition) is 0. The van der Waals surface area contributed by atoms with E-state index in [9.17, 15) is 9.59 Å². The summed E-state index contributed by atoms with van der Waals surface area (Å²) in [5, 5.41) is 0. The second-order valence-electron chi connectivity index (χ2n) is 3.00. The Morgan fingerprint density at radius 1 is 1.47 bits per heavy atom. The largest absolute Gasteiger partial charge is 0.519 e. The third kappa shape index (κ3) is 2.87. The normalized spacial score (nSPS) is 10.1. The molecule has 15 heavy (non-hydrogen) atoms. The van der Waals surface area contributed by atoms with E-state index in [1.807, 2.05) is 6.92 Å². The van der Waals surface area contributed by atoms with Crippen molar-refractivity contribution in [2.24, 2.45) is 0 Å². The van der Waals surface area contributed by atoms with Gasteiger partial charge in [-0.05, 0) is 13.8 Å². The lowest BCUT2D eigenvalue weighted by atomic mass is 10.4. The molecule has 1 heterocycles. The van der Waals surface area contributed by atoms with Crippen LogP contribution < -0.4 is 5.82 Å². The van der Waals surface area contributed by atoms with Crippen LogP contribution in [0, 0.1) is 6.92 Å². The molecule has 1 rings (SSSR count). The number of carbonyl (C=O) groups excluding carboxylic acids is 1. The van der Waals surface area contributed by atoms with E-state index in [0.717, 1.165) is 0 Å². The Kier molecular flexibility index (Phi) is 3.54. The van der Waals surface area contributed by atoms with Gasteiger partial charge in [-0.15, -0.1) is 0 Å². The van der Waals surface area contributed by atoms with E-state index in [2.05, 4.69) is 8.83 Å². The zero-order valence-electron chi connectivity index (χ0n) is 8.90. The van der Waals surface area contributed by atoms with Crippen LogP contribution in [0.3, 0.4) is 0 Å². The average Bonchev–Trinajstić information content (AvgIpc) is 2.52. The quantitative estimate of drug-likeness (QED) is 0.755. The van der Waals surface area contributed by atoms with Crippen LogP contribution in [0.25, 0.3) is 0 Å². The van der Waals surface area contributed by atoms with Gasteiger partial charge in [0.2, 0.25) is 0 Å². The van der Waals surface area contributed by atoms with E-state index >= 15 is 0 Å². The third-order valence-electron chi connectivity index (χ3n) is 1.95. The zero-order chi connectivity index (χ0) is 11.4. The predicted octanol–water partition coefficient (Wildman–Crippen LogP) is 1.13. The summed E-state index contributed by atoms with van der Waals surface area (Å²) in [5.41, 5.74) is 0. The van der Waals surface area contributed by atoms with Gasteiger partial charge in [0.15, 0.2) is 18.1 Å². The first-order valence-electron chi connectivity index (χ1n) is 4.52. The topological polar surface area (TPSA) is 72.9 Å². The first kappa shape index (κ1) is 11.4. The molecule has 84 valence electrons. The second kappa shape index (κ2) is 4.68. The fraction of sp³-hybridized carbons (Fsp3) is 0.556. The molecular formula is C9H13NO5. The molecule has 0 N–H and O–H groups in total. The molecule has 0 aliphatic rings. The number of amides is 1. The molecule has 1 amide bonds. The minimum Gasteiger partial charge on any atom is -0.441 e. The highest BCUT2D eigenvalue weighted by Crippen LogP contribution is 2.07. The lowest BCUT2D eigenvalue weighted by Crippen LogP contribution is -2.26. The summed E-state index contributed by atoms with van der Waals surface area (Å²) in [6, 6.07) is 0. The minimum atomic E-state index is -0.789. The van der Waals surface area contributed by atoms with Crippen molar-refractivity contribution in [3.05, 3.63) is 22.1 Å². The van der Waals surface area contributed by atoms with Gasteiger partial charge in [0.1, 0.15) is 0 Å². The van der Waals surface area contributed by atoms with E-state index in [0.29, 0.717) is 12.3 Å². The average molecular weight is 215 g/mol. The van der Waals surface area contributed by atoms with Crippen molar-refractivity contribution in [3.63, 3.8) is 0 Å². The summed E-state index contributed by atoms with van der Waals surface area (Å²) in [6.07, 6.45) is -0.472. The lowest BCUT2D eigenvalue weighted by molar-refractivity contribution is 0.0987. The summed E-state index contributed by atoms with van der Waals surface area (Å²) in [5.74, 6) is -0.229. The summed E-state index contributed by atoms with van der Waals surface area (Å²) < 4.78 is 14.1. The van der Waals surface area contributed by atoms with Crippen molar-refractivity contribution in [3.8, 4) is 0 Å². The minimum absolute atomic E-state index is 0.0965. The fourth-order valence-electron chi connectivity index (χ4n) is 0.873. The summed E-state index contributed by atoms with van der Waals surface area (Å²) >= 11 is 0. The molecule has 0 unspecified atom stereocenters. The molecule has 0 aliphatic carbocycles. The molecule has 1 aromatic heterocycles. The Morgan fingerprint density at radius 3 is 2.60 bits per heavy atom. The first-order valence-corrected chi connectivity index (χ1v) is 4.52. The Balaban J connectivity index is 2.54. The summed E-state index contributed by atoms with van der Waals surface area (Å²) in [4.78, 5) is 23.3. The van der Waals surface area contributed by atoms with Crippen LogP contribution in [-0.2, 0) is 11.3 Å². The first-order chi connectivity index (χ1) is 7.04. The van der Waals surface area contributed by atoms with Crippen molar-refractivity contribution >= 4 is 6.09 Å². The van der Waals surface area contributed by atoms with Crippen molar-refractivity contribution in [1.29, 1.82) is 0 Å². The maximum absolute atomic E-state index is 11.2. The molecule has 0 aliphatic heterocycles. The molecule has 1 aromatic rings. The van der Waals surface area contributed by atoms with Crippen molar-refractivity contribution in [2.75, 3.05) is 13.6 Å². The zero-order valence-corrected chi connectivity index (χ0v) is 8.90. The van der Waals surface area contributed by atoms with Crippen molar-refractivity contribution in [2.45, 2.75) is 20.5 Å². The standard InChI is InChI=1S/C9H13NO5/c1-4-10(3)8(11)13-5-7-6(2)14-9(12)15-7/h4-5H2,1-3H3. The molecule has 6 heteroatoms. The van der Waals surface area contributed by atoms with Gasteiger partial charge in [0.05, 0.1) is 0 Å². The van der Waals surface area contributed by atoms with Crippen LogP contribution in [-0.4, -0.2) is 24.6 Å². The van der Waals surface area contributed by atoms with Crippen LogP contribution in [0.5, 0.6) is 0 Å². The van der Waals surface area contributed by atoms with Gasteiger partial charge in [-0.25, -0.2) is 9.59 Å². The van der Waals surface area contributed by atoms with E-state index in [1.165, 1.54) is 4.90 Å². The molecule has 0 bridgehead atoms. The van der Waals surface area contributed by atoms with E-state index in [-0.39, 0.29) is 12.4 Å². The van der Waals surface area contributed by atoms with Gasteiger partial charge in [-0.3, -0.25) is 0 Å². The van der Waals surface area contributed by atoms with Crippen LogP contribution in [0.4, 0.5) is 4.79 Å². The highest BCUT2D eigenvalue weighted by atomic mass is 16.6. The third-order valence-corrected chi connectivity index (χ3v) is 1.95. The fourth-order valence-corrected chi connectivity index (χ4v) is 0.873. The van der Waals surface area contributed by atoms with Gasteiger partial charge in [-0.2, -0.15) is 0 Å². The Hall–Kier alpha value is -1.72. The number of rotatable bonds is 3. The highest BCUT2D eigenvalue weighted by molar-refractivity contribution is 5.67. The molecular weight excluding hydrogens is 202 g/mol. The van der Waals surface area contributed by atoms with Crippen LogP contribution in [0.1, 0.15) is 18.4 Å². The van der Waals surface area contributed by atoms with Crippen LogP contribution in [0.2, 0.25) is 0 Å². The van der Waals surface area contributed by atoms with Gasteiger partial charge in [-0.1, -0.05) is 0 Å². The molecule has 0 aromatic carbocycles. The Morgan fingerprint density at radius 2 is 2.13 bits per heavy atom.